The minimum Gasteiger partial charge on any atom is -0.394 e. The number of nitrogens with one attached hydrogen (secondary N) is 1. The number of rotatable bonds is 2. The fourth-order valence-corrected chi connectivity index (χ4v) is 3.06. The van der Waals surface area contributed by atoms with E-state index in [1.807, 2.05) is 24.0 Å². The molecule has 5 heteroatoms. The Morgan fingerprint density at radius 2 is 2.19 bits per heavy atom. The van der Waals surface area contributed by atoms with Gasteiger partial charge in [-0.15, -0.1) is 0 Å². The minimum absolute atomic E-state index is 0.0442. The van der Waals surface area contributed by atoms with E-state index < -0.39 is 0 Å². The molecule has 2 aliphatic heterocycles. The van der Waals surface area contributed by atoms with Gasteiger partial charge in [0.25, 0.3) is 0 Å². The van der Waals surface area contributed by atoms with Crippen molar-refractivity contribution < 1.29 is 14.6 Å². The molecular formula is C16H22N2O3. The SMILES string of the molecule is CC1COC(CO)CN1C(=O)[C@H]1Cc2ccccc2CN1. The van der Waals surface area contributed by atoms with Gasteiger partial charge in [-0.05, 0) is 24.5 Å². The lowest BCUT2D eigenvalue weighted by atomic mass is 9.94. The Morgan fingerprint density at radius 3 is 2.95 bits per heavy atom. The van der Waals surface area contributed by atoms with Crippen molar-refractivity contribution in [2.45, 2.75) is 38.1 Å². The van der Waals surface area contributed by atoms with E-state index in [0.29, 0.717) is 13.2 Å². The Labute approximate surface area is 124 Å². The van der Waals surface area contributed by atoms with Crippen molar-refractivity contribution >= 4 is 5.91 Å². The van der Waals surface area contributed by atoms with Gasteiger partial charge in [0.2, 0.25) is 5.91 Å². The summed E-state index contributed by atoms with van der Waals surface area (Å²) in [6.45, 7) is 3.63. The topological polar surface area (TPSA) is 61.8 Å². The molecule has 3 rings (SSSR count). The smallest absolute Gasteiger partial charge is 0.240 e. The zero-order valence-corrected chi connectivity index (χ0v) is 12.3. The number of aliphatic hydroxyl groups excluding tert-OH is 1. The molecule has 0 aliphatic carbocycles. The monoisotopic (exact) mass is 290 g/mol. The summed E-state index contributed by atoms with van der Waals surface area (Å²) in [6, 6.07) is 8.11. The Hall–Kier alpha value is -1.43. The van der Waals surface area contributed by atoms with Gasteiger partial charge in [0.1, 0.15) is 0 Å². The summed E-state index contributed by atoms with van der Waals surface area (Å²) in [5.74, 6) is 0.110. The van der Waals surface area contributed by atoms with Gasteiger partial charge < -0.3 is 20.1 Å². The van der Waals surface area contributed by atoms with Crippen molar-refractivity contribution in [3.05, 3.63) is 35.4 Å². The number of hydrogen-bond acceptors (Lipinski definition) is 4. The van der Waals surface area contributed by atoms with E-state index >= 15 is 0 Å². The molecule has 0 radical (unpaired) electrons. The number of ether oxygens (including phenoxy) is 1. The first-order valence-electron chi connectivity index (χ1n) is 7.52. The lowest BCUT2D eigenvalue weighted by Gasteiger charge is -2.40. The molecule has 0 aromatic heterocycles. The highest BCUT2D eigenvalue weighted by Crippen LogP contribution is 2.20. The van der Waals surface area contributed by atoms with Crippen LogP contribution >= 0.6 is 0 Å². The van der Waals surface area contributed by atoms with Crippen LogP contribution in [0.3, 0.4) is 0 Å². The molecule has 1 saturated heterocycles. The van der Waals surface area contributed by atoms with Gasteiger partial charge in [-0.2, -0.15) is 0 Å². The lowest BCUT2D eigenvalue weighted by Crippen LogP contribution is -2.58. The zero-order valence-electron chi connectivity index (χ0n) is 12.3. The predicted molar refractivity (Wildman–Crippen MR) is 78.8 cm³/mol. The molecule has 21 heavy (non-hydrogen) atoms. The minimum atomic E-state index is -0.263. The number of hydrogen-bond donors (Lipinski definition) is 2. The van der Waals surface area contributed by atoms with Crippen molar-refractivity contribution in [3.8, 4) is 0 Å². The van der Waals surface area contributed by atoms with Gasteiger partial charge in [-0.3, -0.25) is 4.79 Å². The van der Waals surface area contributed by atoms with Crippen LogP contribution in [0.4, 0.5) is 0 Å². The van der Waals surface area contributed by atoms with E-state index in [1.54, 1.807) is 0 Å². The quantitative estimate of drug-likeness (QED) is 0.823. The third-order valence-corrected chi connectivity index (χ3v) is 4.37. The van der Waals surface area contributed by atoms with Crippen molar-refractivity contribution in [2.75, 3.05) is 19.8 Å². The number of morpholine rings is 1. The van der Waals surface area contributed by atoms with E-state index in [-0.39, 0.29) is 30.7 Å². The molecular weight excluding hydrogens is 268 g/mol. The highest BCUT2D eigenvalue weighted by molar-refractivity contribution is 5.83. The first-order valence-corrected chi connectivity index (χ1v) is 7.52. The maximum atomic E-state index is 12.8. The molecule has 1 fully saturated rings. The van der Waals surface area contributed by atoms with E-state index in [0.717, 1.165) is 13.0 Å². The second-order valence-corrected chi connectivity index (χ2v) is 5.88. The van der Waals surface area contributed by atoms with Crippen molar-refractivity contribution in [2.24, 2.45) is 0 Å². The van der Waals surface area contributed by atoms with Gasteiger partial charge in [-0.1, -0.05) is 24.3 Å². The molecule has 1 aromatic rings. The molecule has 114 valence electrons. The molecule has 0 bridgehead atoms. The van der Waals surface area contributed by atoms with Crippen molar-refractivity contribution in [1.29, 1.82) is 0 Å². The summed E-state index contributed by atoms with van der Waals surface area (Å²) in [5.41, 5.74) is 2.51. The first-order chi connectivity index (χ1) is 10.2. The Morgan fingerprint density at radius 1 is 1.43 bits per heavy atom. The second kappa shape index (κ2) is 6.13. The average molecular weight is 290 g/mol. The predicted octanol–water partition coefficient (Wildman–Crippen LogP) is 0.309. The normalized spacial score (nSPS) is 29.0. The second-order valence-electron chi connectivity index (χ2n) is 5.88. The fourth-order valence-electron chi connectivity index (χ4n) is 3.06. The number of carbonyl (C=O) groups excluding carboxylic acids is 1. The van der Waals surface area contributed by atoms with Gasteiger partial charge in [0.05, 0.1) is 31.4 Å². The Bertz CT molecular complexity index is 520. The largest absolute Gasteiger partial charge is 0.394 e. The van der Waals surface area contributed by atoms with Crippen LogP contribution in [-0.2, 0) is 22.5 Å². The summed E-state index contributed by atoms with van der Waals surface area (Å²) in [6.07, 6.45) is 0.462. The van der Waals surface area contributed by atoms with E-state index in [2.05, 4.69) is 17.4 Å². The third-order valence-electron chi connectivity index (χ3n) is 4.37. The fraction of sp³-hybridized carbons (Fsp3) is 0.562. The molecule has 2 N–H and O–H groups in total. The van der Waals surface area contributed by atoms with Crippen LogP contribution in [0.2, 0.25) is 0 Å². The molecule has 1 aromatic carbocycles. The van der Waals surface area contributed by atoms with Crippen LogP contribution in [0.25, 0.3) is 0 Å². The molecule has 3 atom stereocenters. The summed E-state index contributed by atoms with van der Waals surface area (Å²) >= 11 is 0. The van der Waals surface area contributed by atoms with Crippen LogP contribution in [0.15, 0.2) is 24.3 Å². The number of fused-ring (bicyclic) bond motifs is 1. The standard InChI is InChI=1S/C16H22N2O3/c1-11-10-21-14(9-19)8-18(11)16(20)15-6-12-4-2-3-5-13(12)7-17-15/h2-5,11,14-15,17,19H,6-10H2,1H3/t11?,14?,15-/m1/s1. The van der Waals surface area contributed by atoms with Crippen LogP contribution < -0.4 is 5.32 Å². The number of aliphatic hydroxyl groups is 1. The molecule has 1 amide bonds. The third kappa shape index (κ3) is 2.95. The van der Waals surface area contributed by atoms with E-state index in [1.165, 1.54) is 11.1 Å². The Balaban J connectivity index is 1.71. The van der Waals surface area contributed by atoms with Gasteiger partial charge in [0.15, 0.2) is 0 Å². The molecule has 2 aliphatic rings. The van der Waals surface area contributed by atoms with E-state index in [9.17, 15) is 9.90 Å². The highest BCUT2D eigenvalue weighted by Gasteiger charge is 2.34. The summed E-state index contributed by atoms with van der Waals surface area (Å²) < 4.78 is 5.50. The van der Waals surface area contributed by atoms with Crippen molar-refractivity contribution in [1.82, 2.24) is 10.2 Å². The summed E-state index contributed by atoms with van der Waals surface area (Å²) in [5, 5.41) is 12.6. The number of amides is 1. The van der Waals surface area contributed by atoms with Gasteiger partial charge in [0, 0.05) is 13.1 Å². The maximum absolute atomic E-state index is 12.8. The molecule has 0 spiro atoms. The van der Waals surface area contributed by atoms with Crippen LogP contribution in [-0.4, -0.2) is 53.9 Å². The number of carbonyl (C=O) groups is 1. The van der Waals surface area contributed by atoms with Crippen LogP contribution in [0.5, 0.6) is 0 Å². The average Bonchev–Trinajstić information content (AvgIpc) is 2.54. The number of nitrogens with zero attached hydrogens (tertiary/aromatic N) is 1. The zero-order chi connectivity index (χ0) is 14.8. The Kier molecular flexibility index (Phi) is 4.24. The van der Waals surface area contributed by atoms with Crippen molar-refractivity contribution in [3.63, 3.8) is 0 Å². The van der Waals surface area contributed by atoms with E-state index in [4.69, 9.17) is 4.74 Å². The van der Waals surface area contributed by atoms with Gasteiger partial charge >= 0.3 is 0 Å². The molecule has 0 saturated carbocycles. The van der Waals surface area contributed by atoms with Gasteiger partial charge in [-0.25, -0.2) is 0 Å². The maximum Gasteiger partial charge on any atom is 0.240 e. The highest BCUT2D eigenvalue weighted by atomic mass is 16.5. The summed E-state index contributed by atoms with van der Waals surface area (Å²) in [4.78, 5) is 14.6. The summed E-state index contributed by atoms with van der Waals surface area (Å²) in [7, 11) is 0. The molecule has 2 heterocycles. The first kappa shape index (κ1) is 14.5. The number of benzene rings is 1. The lowest BCUT2D eigenvalue weighted by molar-refractivity contribution is -0.148. The van der Waals surface area contributed by atoms with Crippen LogP contribution in [0.1, 0.15) is 18.1 Å². The molecule has 5 nitrogen and oxygen atoms in total. The molecule has 2 unspecified atom stereocenters. The van der Waals surface area contributed by atoms with Crippen LogP contribution in [0, 0.1) is 0 Å².